The van der Waals surface area contributed by atoms with Gasteiger partial charge in [0.2, 0.25) is 0 Å². The fourth-order valence-electron chi connectivity index (χ4n) is 1.77. The normalized spacial score (nSPS) is 10.1. The first-order valence-corrected chi connectivity index (χ1v) is 5.16. The predicted molar refractivity (Wildman–Crippen MR) is 62.9 cm³/mol. The van der Waals surface area contributed by atoms with Crippen LogP contribution in [0.25, 0.3) is 11.3 Å². The van der Waals surface area contributed by atoms with Crippen LogP contribution in [0.1, 0.15) is 22.6 Å². The second-order valence-electron chi connectivity index (χ2n) is 3.98. The van der Waals surface area contributed by atoms with Crippen LogP contribution in [0.4, 0.5) is 0 Å². The van der Waals surface area contributed by atoms with Crippen LogP contribution in [0.15, 0.2) is 18.2 Å². The van der Waals surface area contributed by atoms with E-state index >= 15 is 0 Å². The van der Waals surface area contributed by atoms with E-state index in [0.717, 1.165) is 22.6 Å². The van der Waals surface area contributed by atoms with Crippen molar-refractivity contribution >= 4 is 0 Å². The maximum atomic E-state index is 9.02. The van der Waals surface area contributed by atoms with E-state index in [2.05, 4.69) is 34.2 Å². The molecule has 0 fully saturated rings. The molecule has 0 aliphatic carbocycles. The van der Waals surface area contributed by atoms with Crippen LogP contribution in [0.3, 0.4) is 0 Å². The number of hydrogen-bond acceptors (Lipinski definition) is 2. The third-order valence-corrected chi connectivity index (χ3v) is 2.59. The quantitative estimate of drug-likeness (QED) is 0.788. The Morgan fingerprint density at radius 1 is 1.25 bits per heavy atom. The van der Waals surface area contributed by atoms with Gasteiger partial charge in [0.05, 0.1) is 5.69 Å². The van der Waals surface area contributed by atoms with E-state index in [1.807, 2.05) is 20.8 Å². The summed E-state index contributed by atoms with van der Waals surface area (Å²) in [5, 5.41) is 9.02. The summed E-state index contributed by atoms with van der Waals surface area (Å²) < 4.78 is 0. The molecule has 1 heterocycles. The number of hydrogen-bond donors (Lipinski definition) is 1. The summed E-state index contributed by atoms with van der Waals surface area (Å²) in [5.41, 5.74) is 4.66. The molecule has 0 amide bonds. The Hall–Kier alpha value is -2.08. The number of aromatic amines is 1. The summed E-state index contributed by atoms with van der Waals surface area (Å²) in [6.07, 6.45) is 0. The minimum Gasteiger partial charge on any atom is -0.341 e. The summed E-state index contributed by atoms with van der Waals surface area (Å²) in [6, 6.07) is 8.31. The maximum Gasteiger partial charge on any atom is 0.166 e. The average Bonchev–Trinajstić information content (AvgIpc) is 2.63. The van der Waals surface area contributed by atoms with Crippen LogP contribution in [0.5, 0.6) is 0 Å². The number of H-pyrrole nitrogens is 1. The molecule has 1 aromatic heterocycles. The number of rotatable bonds is 1. The Kier molecular flexibility index (Phi) is 2.49. The number of aromatic nitrogens is 2. The van der Waals surface area contributed by atoms with Gasteiger partial charge in [-0.3, -0.25) is 0 Å². The SMILES string of the molecule is Cc1ccc(C)c(-c2[nH]c(C)nc2C#N)c1. The molecule has 0 unspecified atom stereocenters. The number of nitrogens with zero attached hydrogens (tertiary/aromatic N) is 2. The molecule has 3 heteroatoms. The van der Waals surface area contributed by atoms with Crippen molar-refractivity contribution in [3.63, 3.8) is 0 Å². The van der Waals surface area contributed by atoms with Gasteiger partial charge in [-0.2, -0.15) is 5.26 Å². The molecular formula is C13H13N3. The van der Waals surface area contributed by atoms with E-state index in [0.29, 0.717) is 5.69 Å². The van der Waals surface area contributed by atoms with Crippen LogP contribution < -0.4 is 0 Å². The molecule has 2 rings (SSSR count). The Bertz CT molecular complexity index is 573. The summed E-state index contributed by atoms with van der Waals surface area (Å²) in [7, 11) is 0. The third kappa shape index (κ3) is 1.70. The van der Waals surface area contributed by atoms with Crippen LogP contribution in [0.2, 0.25) is 0 Å². The van der Waals surface area contributed by atoms with E-state index in [1.54, 1.807) is 0 Å². The fourth-order valence-corrected chi connectivity index (χ4v) is 1.77. The van der Waals surface area contributed by atoms with Crippen molar-refractivity contribution in [2.24, 2.45) is 0 Å². The molecule has 3 nitrogen and oxygen atoms in total. The van der Waals surface area contributed by atoms with Crippen molar-refractivity contribution in [1.82, 2.24) is 9.97 Å². The van der Waals surface area contributed by atoms with E-state index in [4.69, 9.17) is 5.26 Å². The Morgan fingerprint density at radius 2 is 2.00 bits per heavy atom. The number of imidazole rings is 1. The van der Waals surface area contributed by atoms with Gasteiger partial charge in [-0.05, 0) is 32.4 Å². The van der Waals surface area contributed by atoms with Crippen molar-refractivity contribution in [3.8, 4) is 17.3 Å². The zero-order valence-electron chi connectivity index (χ0n) is 9.63. The summed E-state index contributed by atoms with van der Waals surface area (Å²) >= 11 is 0. The first-order valence-electron chi connectivity index (χ1n) is 5.16. The number of benzene rings is 1. The van der Waals surface area contributed by atoms with Gasteiger partial charge in [-0.15, -0.1) is 0 Å². The summed E-state index contributed by atoms with van der Waals surface area (Å²) in [4.78, 5) is 7.31. The highest BCUT2D eigenvalue weighted by Gasteiger charge is 2.11. The zero-order valence-corrected chi connectivity index (χ0v) is 9.63. The van der Waals surface area contributed by atoms with Crippen molar-refractivity contribution in [1.29, 1.82) is 5.26 Å². The molecule has 0 saturated heterocycles. The lowest BCUT2D eigenvalue weighted by Crippen LogP contribution is -1.88. The largest absolute Gasteiger partial charge is 0.341 e. The molecule has 1 N–H and O–H groups in total. The molecule has 0 saturated carbocycles. The zero-order chi connectivity index (χ0) is 11.7. The van der Waals surface area contributed by atoms with Gasteiger partial charge in [-0.1, -0.05) is 17.7 Å². The predicted octanol–water partition coefficient (Wildman–Crippen LogP) is 2.87. The van der Waals surface area contributed by atoms with Gasteiger partial charge in [0.1, 0.15) is 11.9 Å². The van der Waals surface area contributed by atoms with Crippen molar-refractivity contribution in [3.05, 3.63) is 40.8 Å². The van der Waals surface area contributed by atoms with Crippen molar-refractivity contribution in [2.45, 2.75) is 20.8 Å². The van der Waals surface area contributed by atoms with Gasteiger partial charge < -0.3 is 4.98 Å². The molecule has 0 bridgehead atoms. The number of nitriles is 1. The Labute approximate surface area is 94.8 Å². The summed E-state index contributed by atoms with van der Waals surface area (Å²) in [6.45, 7) is 5.93. The van der Waals surface area contributed by atoms with Gasteiger partial charge in [-0.25, -0.2) is 4.98 Å². The van der Waals surface area contributed by atoms with Crippen LogP contribution in [0, 0.1) is 32.1 Å². The molecule has 0 aliphatic rings. The lowest BCUT2D eigenvalue weighted by atomic mass is 10.0. The number of aryl methyl sites for hydroxylation is 3. The fraction of sp³-hybridized carbons (Fsp3) is 0.231. The van der Waals surface area contributed by atoms with E-state index < -0.39 is 0 Å². The molecule has 0 aliphatic heterocycles. The standard InChI is InChI=1S/C13H13N3/c1-8-4-5-9(2)11(6-8)13-12(7-14)15-10(3)16-13/h4-6H,1-3H3,(H,15,16). The molecular weight excluding hydrogens is 198 g/mol. The average molecular weight is 211 g/mol. The molecule has 0 spiro atoms. The molecule has 0 atom stereocenters. The Morgan fingerprint density at radius 3 is 2.69 bits per heavy atom. The first kappa shape index (κ1) is 10.4. The van der Waals surface area contributed by atoms with Gasteiger partial charge in [0, 0.05) is 5.56 Å². The lowest BCUT2D eigenvalue weighted by Gasteiger charge is -2.04. The van der Waals surface area contributed by atoms with E-state index in [-0.39, 0.29) is 0 Å². The van der Waals surface area contributed by atoms with Crippen LogP contribution in [-0.2, 0) is 0 Å². The lowest BCUT2D eigenvalue weighted by molar-refractivity contribution is 1.14. The molecule has 1 aromatic carbocycles. The van der Waals surface area contributed by atoms with Gasteiger partial charge in [0.15, 0.2) is 5.69 Å². The topological polar surface area (TPSA) is 52.5 Å². The second kappa shape index (κ2) is 3.82. The number of nitrogens with one attached hydrogen (secondary N) is 1. The van der Waals surface area contributed by atoms with E-state index in [9.17, 15) is 0 Å². The van der Waals surface area contributed by atoms with Gasteiger partial charge >= 0.3 is 0 Å². The third-order valence-electron chi connectivity index (χ3n) is 2.59. The molecule has 2 aromatic rings. The summed E-state index contributed by atoms with van der Waals surface area (Å²) in [5.74, 6) is 0.771. The maximum absolute atomic E-state index is 9.02. The highest BCUT2D eigenvalue weighted by molar-refractivity contribution is 5.69. The van der Waals surface area contributed by atoms with Crippen molar-refractivity contribution in [2.75, 3.05) is 0 Å². The first-order chi connectivity index (χ1) is 7.61. The second-order valence-corrected chi connectivity index (χ2v) is 3.98. The Balaban J connectivity index is 2.67. The minimum atomic E-state index is 0.464. The molecule has 16 heavy (non-hydrogen) atoms. The highest BCUT2D eigenvalue weighted by atomic mass is 14.9. The van der Waals surface area contributed by atoms with E-state index in [1.165, 1.54) is 5.56 Å². The van der Waals surface area contributed by atoms with Crippen molar-refractivity contribution < 1.29 is 0 Å². The van der Waals surface area contributed by atoms with Gasteiger partial charge in [0.25, 0.3) is 0 Å². The molecule has 0 radical (unpaired) electrons. The van der Waals surface area contributed by atoms with Crippen LogP contribution >= 0.6 is 0 Å². The highest BCUT2D eigenvalue weighted by Crippen LogP contribution is 2.25. The molecule has 80 valence electrons. The smallest absolute Gasteiger partial charge is 0.166 e. The van der Waals surface area contributed by atoms with Crippen LogP contribution in [-0.4, -0.2) is 9.97 Å². The monoisotopic (exact) mass is 211 g/mol. The minimum absolute atomic E-state index is 0.464.